The average Bonchev–Trinajstić information content (AvgIpc) is 2.88. The minimum absolute atomic E-state index is 0.0655. The summed E-state index contributed by atoms with van der Waals surface area (Å²) in [6, 6.07) is 19.2. The predicted octanol–water partition coefficient (Wildman–Crippen LogP) is 5.38. The Hall–Kier alpha value is -2.17. The molecule has 11 heteroatoms. The van der Waals surface area contributed by atoms with Crippen LogP contribution in [-0.4, -0.2) is 59.6 Å². The lowest BCUT2D eigenvalue weighted by Gasteiger charge is -2.45. The molecule has 1 aliphatic rings. The zero-order valence-corrected chi connectivity index (χ0v) is 23.0. The monoisotopic (exact) mass is 585 g/mol. The summed E-state index contributed by atoms with van der Waals surface area (Å²) in [5, 5.41) is 8.05. The van der Waals surface area contributed by atoms with E-state index in [0.29, 0.717) is 6.61 Å². The molecule has 5 atom stereocenters. The van der Waals surface area contributed by atoms with E-state index in [1.54, 1.807) is 6.08 Å². The van der Waals surface area contributed by atoms with Gasteiger partial charge in [-0.05, 0) is 11.1 Å². The number of ether oxygens (including phenoxy) is 6. The van der Waals surface area contributed by atoms with Gasteiger partial charge in [-0.25, -0.2) is 0 Å². The van der Waals surface area contributed by atoms with Gasteiger partial charge in [0.2, 0.25) is 12.2 Å². The normalized spacial score (nSPS) is 23.4. The molecule has 1 heterocycles. The average molecular weight is 587 g/mol. The van der Waals surface area contributed by atoms with E-state index >= 15 is 0 Å². The lowest BCUT2D eigenvalue weighted by Crippen LogP contribution is -2.62. The van der Waals surface area contributed by atoms with Crippen molar-refractivity contribution in [2.75, 3.05) is 13.2 Å². The number of alkyl halides is 3. The first-order valence-electron chi connectivity index (χ1n) is 11.8. The number of nitrogens with one attached hydrogen (secondary N) is 1. The van der Waals surface area contributed by atoms with Crippen LogP contribution in [0.1, 0.15) is 18.1 Å². The summed E-state index contributed by atoms with van der Waals surface area (Å²) in [5.41, 5.74) is 1.88. The molecule has 2 aromatic carbocycles. The molecule has 2 aromatic rings. The summed E-state index contributed by atoms with van der Waals surface area (Å²) in [6.07, 6.45) is -3.39. The topological polar surface area (TPSA) is 96.3 Å². The molecule has 38 heavy (non-hydrogen) atoms. The Balaban J connectivity index is 1.89. The standard InChI is InChI=1S/C27H30Cl3NO7/c1-3-14-34-23-22(35-16-20-12-8-5-9-13-20)21(17-33-15-19-10-6-4-7-11-19)37-25(24(23)36-18(2)32)38-26(31)27(28,29)30/h3-13,21-25,31H,1,14-17H2,2H3/t21-,22-,23+,24-,25-/m1/s1. The van der Waals surface area contributed by atoms with Crippen molar-refractivity contribution in [2.24, 2.45) is 0 Å². The van der Waals surface area contributed by atoms with Crippen LogP contribution >= 0.6 is 34.8 Å². The minimum atomic E-state index is -2.17. The van der Waals surface area contributed by atoms with Gasteiger partial charge in [0, 0.05) is 6.92 Å². The van der Waals surface area contributed by atoms with Crippen molar-refractivity contribution in [2.45, 2.75) is 54.6 Å². The molecule has 1 aliphatic heterocycles. The van der Waals surface area contributed by atoms with Crippen molar-refractivity contribution in [1.82, 2.24) is 0 Å². The summed E-state index contributed by atoms with van der Waals surface area (Å²) < 4.78 is 33.3. The number of halogens is 3. The second-order valence-electron chi connectivity index (χ2n) is 8.41. The van der Waals surface area contributed by atoms with Gasteiger partial charge in [-0.1, -0.05) is 102 Å². The fraction of sp³-hybridized carbons (Fsp3) is 0.407. The number of carbonyl (C=O) groups is 1. The van der Waals surface area contributed by atoms with E-state index in [1.165, 1.54) is 6.92 Å². The maximum atomic E-state index is 12.0. The van der Waals surface area contributed by atoms with Gasteiger partial charge in [-0.3, -0.25) is 10.2 Å². The zero-order valence-electron chi connectivity index (χ0n) is 20.8. The van der Waals surface area contributed by atoms with E-state index < -0.39 is 46.4 Å². The number of rotatable bonds is 12. The van der Waals surface area contributed by atoms with Crippen molar-refractivity contribution in [3.63, 3.8) is 0 Å². The van der Waals surface area contributed by atoms with Gasteiger partial charge in [0.25, 0.3) is 3.79 Å². The smallest absolute Gasteiger partial charge is 0.303 e. The largest absolute Gasteiger partial charge is 0.453 e. The molecule has 1 N–H and O–H groups in total. The van der Waals surface area contributed by atoms with Gasteiger partial charge in [0.05, 0.1) is 26.4 Å². The SMILES string of the molecule is C=CCO[C@@H]1[C@@H](OC(C)=O)[C@@H](OC(=N)C(Cl)(Cl)Cl)O[C@H](COCc2ccccc2)[C@H]1OCc1ccccc1. The van der Waals surface area contributed by atoms with Crippen LogP contribution < -0.4 is 0 Å². The van der Waals surface area contributed by atoms with Crippen molar-refractivity contribution >= 4 is 46.7 Å². The zero-order chi connectivity index (χ0) is 27.5. The number of carbonyl (C=O) groups excluding carboxylic acids is 1. The molecule has 0 bridgehead atoms. The lowest BCUT2D eigenvalue weighted by atomic mass is 9.98. The summed E-state index contributed by atoms with van der Waals surface area (Å²) in [7, 11) is 0. The molecule has 0 unspecified atom stereocenters. The summed E-state index contributed by atoms with van der Waals surface area (Å²) >= 11 is 17.5. The van der Waals surface area contributed by atoms with Crippen LogP contribution in [0.4, 0.5) is 0 Å². The summed E-state index contributed by atoms with van der Waals surface area (Å²) in [4.78, 5) is 12.0. The molecule has 1 fully saturated rings. The molecule has 1 saturated heterocycles. The first-order chi connectivity index (χ1) is 18.2. The summed E-state index contributed by atoms with van der Waals surface area (Å²) in [6.45, 7) is 5.65. The third-order valence-corrected chi connectivity index (χ3v) is 5.99. The first kappa shape index (κ1) is 30.4. The highest BCUT2D eigenvalue weighted by Gasteiger charge is 2.51. The van der Waals surface area contributed by atoms with Crippen LogP contribution in [0.5, 0.6) is 0 Å². The molecule has 0 aromatic heterocycles. The summed E-state index contributed by atoms with van der Waals surface area (Å²) in [5.74, 6) is -1.33. The second kappa shape index (κ2) is 14.8. The Morgan fingerprint density at radius 1 is 0.947 bits per heavy atom. The van der Waals surface area contributed by atoms with Crippen LogP contribution in [0, 0.1) is 5.41 Å². The Labute approximate surface area is 237 Å². The van der Waals surface area contributed by atoms with Crippen LogP contribution in [0.15, 0.2) is 73.3 Å². The molecule has 0 spiro atoms. The quantitative estimate of drug-likeness (QED) is 0.117. The molecule has 8 nitrogen and oxygen atoms in total. The number of hydrogen-bond acceptors (Lipinski definition) is 8. The van der Waals surface area contributed by atoms with Crippen molar-refractivity contribution in [3.05, 3.63) is 84.4 Å². The second-order valence-corrected chi connectivity index (χ2v) is 10.7. The van der Waals surface area contributed by atoms with E-state index in [2.05, 4.69) is 6.58 Å². The van der Waals surface area contributed by atoms with Crippen molar-refractivity contribution < 1.29 is 33.2 Å². The van der Waals surface area contributed by atoms with E-state index in [9.17, 15) is 4.79 Å². The van der Waals surface area contributed by atoms with Crippen LogP contribution in [0.2, 0.25) is 0 Å². The van der Waals surface area contributed by atoms with Crippen LogP contribution in [0.3, 0.4) is 0 Å². The van der Waals surface area contributed by atoms with Crippen molar-refractivity contribution in [3.8, 4) is 0 Å². The molecular weight excluding hydrogens is 557 g/mol. The molecular formula is C27H30Cl3NO7. The molecule has 0 amide bonds. The molecule has 0 radical (unpaired) electrons. The Kier molecular flexibility index (Phi) is 11.9. The van der Waals surface area contributed by atoms with E-state index in [4.69, 9.17) is 68.6 Å². The van der Waals surface area contributed by atoms with Gasteiger partial charge in [0.15, 0.2) is 6.10 Å². The first-order valence-corrected chi connectivity index (χ1v) is 13.0. The maximum Gasteiger partial charge on any atom is 0.303 e. The van der Waals surface area contributed by atoms with Gasteiger partial charge < -0.3 is 28.4 Å². The van der Waals surface area contributed by atoms with Crippen LogP contribution in [-0.2, 0) is 46.4 Å². The highest BCUT2D eigenvalue weighted by atomic mass is 35.6. The maximum absolute atomic E-state index is 12.0. The Bertz CT molecular complexity index is 1040. The number of esters is 1. The van der Waals surface area contributed by atoms with Gasteiger partial charge in [-0.15, -0.1) is 6.58 Å². The fourth-order valence-corrected chi connectivity index (χ4v) is 3.95. The molecule has 206 valence electrons. The molecule has 3 rings (SSSR count). The highest BCUT2D eigenvalue weighted by Crippen LogP contribution is 2.34. The third kappa shape index (κ3) is 9.24. The highest BCUT2D eigenvalue weighted by molar-refractivity contribution is 6.76. The van der Waals surface area contributed by atoms with Crippen LogP contribution in [0.25, 0.3) is 0 Å². The number of benzene rings is 2. The third-order valence-electron chi connectivity index (χ3n) is 5.47. The Morgan fingerprint density at radius 2 is 1.55 bits per heavy atom. The Morgan fingerprint density at radius 3 is 2.11 bits per heavy atom. The van der Waals surface area contributed by atoms with Crippen molar-refractivity contribution in [1.29, 1.82) is 5.41 Å². The van der Waals surface area contributed by atoms with Gasteiger partial charge >= 0.3 is 5.97 Å². The van der Waals surface area contributed by atoms with Gasteiger partial charge in [0.1, 0.15) is 18.3 Å². The van der Waals surface area contributed by atoms with E-state index in [0.717, 1.165) is 11.1 Å². The number of hydrogen-bond donors (Lipinski definition) is 1. The van der Waals surface area contributed by atoms with E-state index in [-0.39, 0.29) is 19.8 Å². The molecule has 0 aliphatic carbocycles. The predicted molar refractivity (Wildman–Crippen MR) is 144 cm³/mol. The molecule has 0 saturated carbocycles. The minimum Gasteiger partial charge on any atom is -0.453 e. The lowest BCUT2D eigenvalue weighted by molar-refractivity contribution is -0.302. The van der Waals surface area contributed by atoms with Gasteiger partial charge in [-0.2, -0.15) is 0 Å². The fourth-order valence-electron chi connectivity index (χ4n) is 3.81. The van der Waals surface area contributed by atoms with E-state index in [1.807, 2.05) is 60.7 Å².